The predicted octanol–water partition coefficient (Wildman–Crippen LogP) is 3.47. The number of hydrogen-bond donors (Lipinski definition) is 1. The summed E-state index contributed by atoms with van der Waals surface area (Å²) in [6.45, 7) is 9.02. The average molecular weight is 387 g/mol. The fourth-order valence-electron chi connectivity index (χ4n) is 4.03. The van der Waals surface area contributed by atoms with Crippen molar-refractivity contribution in [2.75, 3.05) is 39.4 Å². The Morgan fingerprint density at radius 1 is 1.21 bits per heavy atom. The van der Waals surface area contributed by atoms with E-state index in [9.17, 15) is 4.79 Å². The van der Waals surface area contributed by atoms with Gasteiger partial charge in [-0.25, -0.2) is 4.98 Å². The molecule has 0 aliphatic heterocycles. The Kier molecular flexibility index (Phi) is 7.86. The average Bonchev–Trinajstić information content (AvgIpc) is 3.14. The zero-order valence-electron chi connectivity index (χ0n) is 17.3. The molecule has 6 heteroatoms. The highest BCUT2D eigenvalue weighted by molar-refractivity contribution is 5.99. The van der Waals surface area contributed by atoms with Crippen molar-refractivity contribution < 1.29 is 9.53 Å². The van der Waals surface area contributed by atoms with E-state index in [0.717, 1.165) is 43.8 Å². The van der Waals surface area contributed by atoms with Gasteiger partial charge < -0.3 is 19.4 Å². The molecule has 0 bridgehead atoms. The molecule has 0 radical (unpaired) electrons. The Labute approximate surface area is 168 Å². The Morgan fingerprint density at radius 3 is 2.75 bits per heavy atom. The zero-order valence-corrected chi connectivity index (χ0v) is 17.3. The Bertz CT molecular complexity index is 748. The van der Waals surface area contributed by atoms with Gasteiger partial charge >= 0.3 is 0 Å². The van der Waals surface area contributed by atoms with Crippen molar-refractivity contribution in [1.82, 2.24) is 19.6 Å². The first-order valence-corrected chi connectivity index (χ1v) is 10.8. The summed E-state index contributed by atoms with van der Waals surface area (Å²) in [4.78, 5) is 19.8. The van der Waals surface area contributed by atoms with Gasteiger partial charge in [0.15, 0.2) is 5.69 Å². The van der Waals surface area contributed by atoms with Gasteiger partial charge in [-0.15, -0.1) is 0 Å². The van der Waals surface area contributed by atoms with E-state index >= 15 is 0 Å². The number of nitrogens with zero attached hydrogens (tertiary/aromatic N) is 3. The van der Waals surface area contributed by atoms with Crippen LogP contribution in [0, 0.1) is 0 Å². The highest BCUT2D eigenvalue weighted by Gasteiger charge is 2.24. The maximum Gasteiger partial charge on any atom is 0.272 e. The fourth-order valence-corrected chi connectivity index (χ4v) is 4.03. The largest absolute Gasteiger partial charge is 0.378 e. The lowest BCUT2D eigenvalue weighted by Gasteiger charge is -2.20. The van der Waals surface area contributed by atoms with Crippen LogP contribution in [0.25, 0.3) is 5.52 Å². The van der Waals surface area contributed by atoms with Crippen LogP contribution in [0.4, 0.5) is 0 Å². The Morgan fingerprint density at radius 2 is 2.00 bits per heavy atom. The highest BCUT2D eigenvalue weighted by Crippen LogP contribution is 2.33. The van der Waals surface area contributed by atoms with Gasteiger partial charge in [0, 0.05) is 25.2 Å². The van der Waals surface area contributed by atoms with Crippen LogP contribution in [0.3, 0.4) is 0 Å². The second-order valence-electron chi connectivity index (χ2n) is 7.50. The number of fused-ring (bicyclic) bond motifs is 1. The molecule has 0 aromatic carbocycles. The number of likely N-dealkylation sites (N-methyl/N-ethyl adjacent to an activating group) is 1. The molecule has 2 aromatic heterocycles. The lowest BCUT2D eigenvalue weighted by atomic mass is 9.89. The number of rotatable bonds is 10. The normalized spacial score (nSPS) is 15.4. The molecule has 1 fully saturated rings. The standard InChI is InChI=1S/C22H34N4O2/c1-3-25(4-2)15-17-28-16-13-23-22(27)20-19-12-8-9-14-26(19)21(24-20)18-10-6-5-7-11-18/h8-9,12,14,18H,3-7,10-11,13,15-17H2,1-2H3,(H,23,27). The molecule has 1 aliphatic carbocycles. The molecule has 6 nitrogen and oxygen atoms in total. The monoisotopic (exact) mass is 386 g/mol. The fraction of sp³-hybridized carbons (Fsp3) is 0.636. The number of imidazole rings is 1. The van der Waals surface area contributed by atoms with Crippen molar-refractivity contribution in [3.63, 3.8) is 0 Å². The first-order valence-electron chi connectivity index (χ1n) is 10.8. The van der Waals surface area contributed by atoms with Crippen LogP contribution in [-0.2, 0) is 4.74 Å². The van der Waals surface area contributed by atoms with Crippen molar-refractivity contribution in [3.05, 3.63) is 35.9 Å². The number of hydrogen-bond acceptors (Lipinski definition) is 4. The highest BCUT2D eigenvalue weighted by atomic mass is 16.5. The molecule has 0 saturated heterocycles. The number of carbonyl (C=O) groups is 1. The molecule has 0 atom stereocenters. The molecule has 1 saturated carbocycles. The van der Waals surface area contributed by atoms with Gasteiger partial charge in [-0.3, -0.25) is 4.79 Å². The molecule has 1 aliphatic rings. The summed E-state index contributed by atoms with van der Waals surface area (Å²) in [5.41, 5.74) is 1.42. The summed E-state index contributed by atoms with van der Waals surface area (Å²) in [6, 6.07) is 5.95. The smallest absolute Gasteiger partial charge is 0.272 e. The van der Waals surface area contributed by atoms with Crippen LogP contribution < -0.4 is 5.32 Å². The third-order valence-corrected chi connectivity index (χ3v) is 5.74. The van der Waals surface area contributed by atoms with Crippen LogP contribution >= 0.6 is 0 Å². The summed E-state index contributed by atoms with van der Waals surface area (Å²) in [6.07, 6.45) is 8.16. The van der Waals surface area contributed by atoms with Gasteiger partial charge in [-0.1, -0.05) is 39.2 Å². The summed E-state index contributed by atoms with van der Waals surface area (Å²) in [5.74, 6) is 1.38. The van der Waals surface area contributed by atoms with Crippen molar-refractivity contribution in [2.45, 2.75) is 51.9 Å². The van der Waals surface area contributed by atoms with Crippen molar-refractivity contribution in [3.8, 4) is 0 Å². The van der Waals surface area contributed by atoms with Crippen molar-refractivity contribution in [2.24, 2.45) is 0 Å². The zero-order chi connectivity index (χ0) is 19.8. The quantitative estimate of drug-likeness (QED) is 0.635. The molecule has 28 heavy (non-hydrogen) atoms. The van der Waals surface area contributed by atoms with E-state index in [0.29, 0.717) is 31.4 Å². The first-order chi connectivity index (χ1) is 13.7. The third kappa shape index (κ3) is 5.11. The predicted molar refractivity (Wildman–Crippen MR) is 112 cm³/mol. The molecular formula is C22H34N4O2. The topological polar surface area (TPSA) is 58.9 Å². The summed E-state index contributed by atoms with van der Waals surface area (Å²) in [7, 11) is 0. The Balaban J connectivity index is 1.56. The molecule has 0 unspecified atom stereocenters. The van der Waals surface area contributed by atoms with E-state index in [-0.39, 0.29) is 5.91 Å². The van der Waals surface area contributed by atoms with E-state index in [2.05, 4.69) is 28.5 Å². The molecule has 2 heterocycles. The SMILES string of the molecule is CCN(CC)CCOCCNC(=O)c1nc(C2CCCCC2)n2ccccc12. The van der Waals surface area contributed by atoms with Gasteiger partial charge in [0.05, 0.1) is 18.7 Å². The molecule has 3 rings (SSSR count). The lowest BCUT2D eigenvalue weighted by molar-refractivity contribution is 0.0882. The van der Waals surface area contributed by atoms with E-state index < -0.39 is 0 Å². The first kappa shape index (κ1) is 20.8. The molecule has 0 spiro atoms. The maximum absolute atomic E-state index is 12.7. The van der Waals surface area contributed by atoms with E-state index in [1.807, 2.05) is 24.4 Å². The van der Waals surface area contributed by atoms with Gasteiger partial charge in [-0.05, 0) is 38.1 Å². The number of nitrogens with one attached hydrogen (secondary N) is 1. The van der Waals surface area contributed by atoms with Crippen molar-refractivity contribution >= 4 is 11.4 Å². The minimum atomic E-state index is -0.113. The number of amides is 1. The van der Waals surface area contributed by atoms with Crippen LogP contribution in [0.2, 0.25) is 0 Å². The molecule has 1 amide bonds. The van der Waals surface area contributed by atoms with Crippen LogP contribution in [0.1, 0.15) is 68.2 Å². The summed E-state index contributed by atoms with van der Waals surface area (Å²) >= 11 is 0. The summed E-state index contributed by atoms with van der Waals surface area (Å²) < 4.78 is 7.76. The van der Waals surface area contributed by atoms with Crippen LogP contribution in [0.15, 0.2) is 24.4 Å². The van der Waals surface area contributed by atoms with E-state index in [1.165, 1.54) is 19.3 Å². The number of ether oxygens (including phenoxy) is 1. The van der Waals surface area contributed by atoms with Gasteiger partial charge in [0.25, 0.3) is 5.91 Å². The Hall–Kier alpha value is -1.92. The van der Waals surface area contributed by atoms with Gasteiger partial charge in [0.1, 0.15) is 5.82 Å². The molecule has 154 valence electrons. The third-order valence-electron chi connectivity index (χ3n) is 5.74. The van der Waals surface area contributed by atoms with E-state index in [4.69, 9.17) is 9.72 Å². The van der Waals surface area contributed by atoms with Gasteiger partial charge in [-0.2, -0.15) is 0 Å². The molecule has 1 N–H and O–H groups in total. The second-order valence-corrected chi connectivity index (χ2v) is 7.50. The molecule has 2 aromatic rings. The number of carbonyl (C=O) groups excluding carboxylic acids is 1. The lowest BCUT2D eigenvalue weighted by Crippen LogP contribution is -2.30. The van der Waals surface area contributed by atoms with Crippen LogP contribution in [-0.4, -0.2) is 59.6 Å². The van der Waals surface area contributed by atoms with Crippen LogP contribution in [0.5, 0.6) is 0 Å². The summed E-state index contributed by atoms with van der Waals surface area (Å²) in [5, 5.41) is 2.97. The minimum absolute atomic E-state index is 0.113. The number of pyridine rings is 1. The number of aromatic nitrogens is 2. The molecular weight excluding hydrogens is 352 g/mol. The second kappa shape index (κ2) is 10.6. The maximum atomic E-state index is 12.7. The van der Waals surface area contributed by atoms with E-state index in [1.54, 1.807) is 0 Å². The van der Waals surface area contributed by atoms with Gasteiger partial charge in [0.2, 0.25) is 0 Å². The minimum Gasteiger partial charge on any atom is -0.378 e. The van der Waals surface area contributed by atoms with Crippen molar-refractivity contribution in [1.29, 1.82) is 0 Å².